The molecule has 2 aromatic heterocycles. The summed E-state index contributed by atoms with van der Waals surface area (Å²) in [6, 6.07) is 0.0569. The summed E-state index contributed by atoms with van der Waals surface area (Å²) in [5.74, 6) is 0. The summed E-state index contributed by atoms with van der Waals surface area (Å²) in [5.41, 5.74) is -0.258. The Morgan fingerprint density at radius 2 is 2.16 bits per heavy atom. The number of hydrogen-bond acceptors (Lipinski definition) is 4. The lowest BCUT2D eigenvalue weighted by atomic mass is 9.85. The molecule has 1 amide bonds. The number of aromatic nitrogens is 4. The van der Waals surface area contributed by atoms with Crippen LogP contribution in [0.1, 0.15) is 46.6 Å². The van der Waals surface area contributed by atoms with Crippen LogP contribution >= 0.6 is 11.6 Å². The third-order valence-electron chi connectivity index (χ3n) is 4.21. The molecule has 0 fully saturated rings. The zero-order valence-electron chi connectivity index (χ0n) is 14.9. The minimum absolute atomic E-state index is 0.0569. The van der Waals surface area contributed by atoms with Gasteiger partial charge < -0.3 is 10.4 Å². The number of nitrogens with one attached hydrogen (secondary N) is 1. The summed E-state index contributed by atoms with van der Waals surface area (Å²) >= 11 is 6.29. The van der Waals surface area contributed by atoms with Gasteiger partial charge in [0.25, 0.3) is 5.56 Å². The van der Waals surface area contributed by atoms with E-state index in [4.69, 9.17) is 16.7 Å². The van der Waals surface area contributed by atoms with Crippen LogP contribution < -0.4 is 10.9 Å². The zero-order valence-corrected chi connectivity index (χ0v) is 15.7. The number of hydrogen-bond donors (Lipinski definition) is 2. The van der Waals surface area contributed by atoms with E-state index in [1.807, 2.05) is 27.7 Å². The second-order valence-corrected chi connectivity index (χ2v) is 7.25. The highest BCUT2D eigenvalue weighted by molar-refractivity contribution is 6.28. The number of rotatable bonds is 7. The molecule has 2 rings (SSSR count). The minimum Gasteiger partial charge on any atom is -0.465 e. The van der Waals surface area contributed by atoms with Crippen molar-refractivity contribution in [3.63, 3.8) is 0 Å². The fourth-order valence-electron chi connectivity index (χ4n) is 3.01. The minimum atomic E-state index is -1.09. The van der Waals surface area contributed by atoms with Gasteiger partial charge in [-0.1, -0.05) is 20.3 Å². The largest absolute Gasteiger partial charge is 0.465 e. The highest BCUT2D eigenvalue weighted by Crippen LogP contribution is 2.26. The molecule has 8 nitrogen and oxygen atoms in total. The Hall–Kier alpha value is -2.09. The zero-order chi connectivity index (χ0) is 18.8. The second-order valence-electron chi connectivity index (χ2n) is 6.91. The molecule has 0 spiro atoms. The van der Waals surface area contributed by atoms with Crippen molar-refractivity contribution in [1.29, 1.82) is 0 Å². The molecule has 25 heavy (non-hydrogen) atoms. The standard InChI is InChI=1S/C16H24ClN5O3/c1-5-6-16(4,8-18-15(24)25)9-21-13(23)11-7-19-22(10(2)3)12(11)20-14(21)17/h7,10,18H,5-6,8-9H2,1-4H3,(H,24,25). The van der Waals surface area contributed by atoms with Gasteiger partial charge >= 0.3 is 6.09 Å². The lowest BCUT2D eigenvalue weighted by Crippen LogP contribution is -2.40. The van der Waals surface area contributed by atoms with Crippen LogP contribution in [0.15, 0.2) is 11.0 Å². The van der Waals surface area contributed by atoms with Crippen molar-refractivity contribution < 1.29 is 9.90 Å². The van der Waals surface area contributed by atoms with Crippen molar-refractivity contribution in [2.24, 2.45) is 5.41 Å². The van der Waals surface area contributed by atoms with Crippen LogP contribution in [-0.2, 0) is 6.54 Å². The second kappa shape index (κ2) is 7.43. The lowest BCUT2D eigenvalue weighted by molar-refractivity contribution is 0.177. The maximum absolute atomic E-state index is 12.9. The molecule has 2 heterocycles. The van der Waals surface area contributed by atoms with Gasteiger partial charge in [-0.15, -0.1) is 0 Å². The van der Waals surface area contributed by atoms with Crippen molar-refractivity contribution in [2.75, 3.05) is 6.54 Å². The third-order valence-corrected chi connectivity index (χ3v) is 4.50. The Balaban J connectivity index is 2.45. The molecule has 9 heteroatoms. The van der Waals surface area contributed by atoms with E-state index in [2.05, 4.69) is 15.4 Å². The predicted molar refractivity (Wildman–Crippen MR) is 96.2 cm³/mol. The molecule has 0 radical (unpaired) electrons. The molecular formula is C16H24ClN5O3. The summed E-state index contributed by atoms with van der Waals surface area (Å²) < 4.78 is 3.06. The summed E-state index contributed by atoms with van der Waals surface area (Å²) in [6.07, 6.45) is 2.00. The van der Waals surface area contributed by atoms with Crippen molar-refractivity contribution >= 4 is 28.7 Å². The van der Waals surface area contributed by atoms with Crippen molar-refractivity contribution in [1.82, 2.24) is 24.6 Å². The van der Waals surface area contributed by atoms with Gasteiger partial charge in [0, 0.05) is 24.5 Å². The SMILES string of the molecule is CCCC(C)(CNC(=O)O)Cn1c(Cl)nc2c(cnn2C(C)C)c1=O. The number of fused-ring (bicyclic) bond motifs is 1. The topological polar surface area (TPSA) is 102 Å². The normalized spacial score (nSPS) is 14.0. The van der Waals surface area contributed by atoms with E-state index in [0.717, 1.165) is 12.8 Å². The maximum atomic E-state index is 12.9. The molecule has 1 unspecified atom stereocenters. The molecule has 0 aliphatic carbocycles. The summed E-state index contributed by atoms with van der Waals surface area (Å²) in [5, 5.41) is 16.0. The Kier molecular flexibility index (Phi) is 5.72. The number of carboxylic acid groups (broad SMARTS) is 1. The number of halogens is 1. The smallest absolute Gasteiger partial charge is 0.404 e. The van der Waals surface area contributed by atoms with Crippen molar-refractivity contribution in [2.45, 2.75) is 53.1 Å². The van der Waals surface area contributed by atoms with E-state index in [0.29, 0.717) is 11.0 Å². The number of nitrogens with zero attached hydrogens (tertiary/aromatic N) is 4. The first-order chi connectivity index (χ1) is 11.7. The Bertz CT molecular complexity index is 829. The van der Waals surface area contributed by atoms with Gasteiger partial charge in [-0.25, -0.2) is 9.48 Å². The summed E-state index contributed by atoms with van der Waals surface area (Å²) in [7, 11) is 0. The third kappa shape index (κ3) is 4.12. The fraction of sp³-hybridized carbons (Fsp3) is 0.625. The van der Waals surface area contributed by atoms with E-state index in [-0.39, 0.29) is 30.0 Å². The average Bonchev–Trinajstić information content (AvgIpc) is 2.94. The van der Waals surface area contributed by atoms with Gasteiger partial charge in [0.15, 0.2) is 5.65 Å². The van der Waals surface area contributed by atoms with E-state index < -0.39 is 11.5 Å². The molecule has 1 atom stereocenters. The van der Waals surface area contributed by atoms with Crippen LogP contribution in [0.5, 0.6) is 0 Å². The first kappa shape index (κ1) is 19.2. The van der Waals surface area contributed by atoms with Gasteiger partial charge in [0.2, 0.25) is 5.28 Å². The lowest BCUT2D eigenvalue weighted by Gasteiger charge is -2.30. The number of carbonyl (C=O) groups is 1. The van der Waals surface area contributed by atoms with E-state index in [1.54, 1.807) is 4.68 Å². The Labute approximate surface area is 150 Å². The molecule has 0 saturated heterocycles. The molecule has 2 N–H and O–H groups in total. The molecule has 0 bridgehead atoms. The van der Waals surface area contributed by atoms with Gasteiger partial charge in [0.05, 0.1) is 6.20 Å². The Morgan fingerprint density at radius 1 is 1.48 bits per heavy atom. The monoisotopic (exact) mass is 369 g/mol. The first-order valence-corrected chi connectivity index (χ1v) is 8.66. The first-order valence-electron chi connectivity index (χ1n) is 8.29. The molecule has 0 aliphatic heterocycles. The van der Waals surface area contributed by atoms with Crippen molar-refractivity contribution in [3.8, 4) is 0 Å². The predicted octanol–water partition coefficient (Wildman–Crippen LogP) is 2.90. The van der Waals surface area contributed by atoms with Gasteiger partial charge in [-0.3, -0.25) is 9.36 Å². The highest BCUT2D eigenvalue weighted by atomic mass is 35.5. The van der Waals surface area contributed by atoms with Gasteiger partial charge in [-0.2, -0.15) is 10.1 Å². The fourth-order valence-corrected chi connectivity index (χ4v) is 3.22. The molecule has 0 aromatic carbocycles. The molecular weight excluding hydrogens is 346 g/mol. The van der Waals surface area contributed by atoms with Gasteiger partial charge in [-0.05, 0) is 31.9 Å². The maximum Gasteiger partial charge on any atom is 0.404 e. The van der Waals surface area contributed by atoms with Crippen LogP contribution in [0.25, 0.3) is 11.0 Å². The highest BCUT2D eigenvalue weighted by Gasteiger charge is 2.27. The quantitative estimate of drug-likeness (QED) is 0.730. The molecule has 0 aliphatic rings. The summed E-state index contributed by atoms with van der Waals surface area (Å²) in [6.45, 7) is 8.33. The van der Waals surface area contributed by atoms with E-state index >= 15 is 0 Å². The van der Waals surface area contributed by atoms with Crippen LogP contribution in [-0.4, -0.2) is 37.1 Å². The van der Waals surface area contributed by atoms with Crippen LogP contribution in [0.2, 0.25) is 5.28 Å². The van der Waals surface area contributed by atoms with Gasteiger partial charge in [0.1, 0.15) is 5.39 Å². The Morgan fingerprint density at radius 3 is 2.72 bits per heavy atom. The summed E-state index contributed by atoms with van der Waals surface area (Å²) in [4.78, 5) is 28.1. The van der Waals surface area contributed by atoms with Crippen molar-refractivity contribution in [3.05, 3.63) is 21.8 Å². The molecule has 2 aromatic rings. The average molecular weight is 370 g/mol. The van der Waals surface area contributed by atoms with Crippen LogP contribution in [0, 0.1) is 5.41 Å². The van der Waals surface area contributed by atoms with Crippen LogP contribution in [0.3, 0.4) is 0 Å². The number of amides is 1. The van der Waals surface area contributed by atoms with Crippen LogP contribution in [0.4, 0.5) is 4.79 Å². The van der Waals surface area contributed by atoms with E-state index in [1.165, 1.54) is 10.8 Å². The van der Waals surface area contributed by atoms with E-state index in [9.17, 15) is 9.59 Å². The molecule has 138 valence electrons. The molecule has 0 saturated carbocycles.